The average molecular weight is 315 g/mol. The van der Waals surface area contributed by atoms with Gasteiger partial charge in [-0.2, -0.15) is 0 Å². The smallest absolute Gasteiger partial charge is 0.0189 e. The number of hydrogen-bond acceptors (Lipinski definition) is 0. The van der Waals surface area contributed by atoms with E-state index in [1.54, 1.807) is 0 Å². The Bertz CT molecular complexity index is 194. The quantitative estimate of drug-likeness (QED) is 0.250. The van der Waals surface area contributed by atoms with E-state index < -0.39 is 0 Å². The lowest BCUT2D eigenvalue weighted by molar-refractivity contribution is 0.550. The molecule has 18 heavy (non-hydrogen) atoms. The molecule has 0 aliphatic rings. The van der Waals surface area contributed by atoms with E-state index in [2.05, 4.69) is 35.0 Å². The maximum Gasteiger partial charge on any atom is -0.0189 e. The van der Waals surface area contributed by atoms with Crippen LogP contribution >= 0.6 is 15.9 Å². The summed E-state index contributed by atoms with van der Waals surface area (Å²) >= 11 is 3.26. The van der Waals surface area contributed by atoms with Crippen LogP contribution in [-0.2, 0) is 0 Å². The van der Waals surface area contributed by atoms with Crippen LogP contribution in [0.3, 0.4) is 0 Å². The van der Waals surface area contributed by atoms with Gasteiger partial charge in [-0.15, -0.1) is 0 Å². The monoisotopic (exact) mass is 314 g/mol. The van der Waals surface area contributed by atoms with Crippen molar-refractivity contribution in [1.29, 1.82) is 0 Å². The van der Waals surface area contributed by atoms with E-state index in [0.717, 1.165) is 0 Å². The highest BCUT2D eigenvalue weighted by atomic mass is 79.9. The molecule has 1 heteroatoms. The maximum atomic E-state index is 3.26. The summed E-state index contributed by atoms with van der Waals surface area (Å²) in [5, 5.41) is 0. The molecule has 0 amide bonds. The van der Waals surface area contributed by atoms with Crippen molar-refractivity contribution in [1.82, 2.24) is 0 Å². The summed E-state index contributed by atoms with van der Waals surface area (Å²) in [5.41, 5.74) is 0. The molecule has 0 bridgehead atoms. The third-order valence-corrected chi connectivity index (χ3v) is 3.60. The van der Waals surface area contributed by atoms with Crippen LogP contribution in [0, 0.1) is 0 Å². The second kappa shape index (κ2) is 17.0. The lowest BCUT2D eigenvalue weighted by Crippen LogP contribution is -1.81. The molecule has 0 saturated carbocycles. The molecule has 0 heterocycles. The Hall–Kier alpha value is -0.0400. The minimum Gasteiger partial charge on any atom is -0.0845 e. The molecule has 0 saturated heterocycles. The molecule has 106 valence electrons. The van der Waals surface area contributed by atoms with Gasteiger partial charge in [0.1, 0.15) is 0 Å². The first-order chi connectivity index (χ1) is 8.91. The normalized spacial score (nSPS) is 11.9. The average Bonchev–Trinajstić information content (AvgIpc) is 2.39. The van der Waals surface area contributed by atoms with E-state index in [0.29, 0.717) is 0 Å². The minimum absolute atomic E-state index is 1.23. The Labute approximate surface area is 123 Å². The minimum atomic E-state index is 1.23. The van der Waals surface area contributed by atoms with E-state index in [1.807, 2.05) is 11.1 Å². The molecule has 0 radical (unpaired) electrons. The van der Waals surface area contributed by atoms with Gasteiger partial charge in [0.15, 0.2) is 0 Å². The molecule has 0 spiro atoms. The standard InChI is InChI=1S/C17H31Br/c1-2-3-4-5-6-7-8-9-10-11-12-13-14-15-16-17-18/h14-17H,2-13H2,1H3/b15-14+,17-16+. The SMILES string of the molecule is CCCCCCCCCCCCC/C=C/C=C/Br. The first kappa shape index (κ1) is 18.0. The fourth-order valence-corrected chi connectivity index (χ4v) is 2.32. The Morgan fingerprint density at radius 3 is 1.67 bits per heavy atom. The molecule has 0 atom stereocenters. The number of hydrogen-bond donors (Lipinski definition) is 0. The highest BCUT2D eigenvalue weighted by Gasteiger charge is 1.92. The molecule has 0 rings (SSSR count). The number of unbranched alkanes of at least 4 members (excludes halogenated alkanes) is 11. The summed E-state index contributed by atoms with van der Waals surface area (Å²) in [7, 11) is 0. The van der Waals surface area contributed by atoms with Crippen molar-refractivity contribution in [2.45, 2.75) is 84.0 Å². The molecule has 0 unspecified atom stereocenters. The maximum absolute atomic E-state index is 3.26. The van der Waals surface area contributed by atoms with Crippen molar-refractivity contribution < 1.29 is 0 Å². The van der Waals surface area contributed by atoms with Crippen molar-refractivity contribution in [3.05, 3.63) is 23.2 Å². The van der Waals surface area contributed by atoms with Gasteiger partial charge in [-0.3, -0.25) is 0 Å². The van der Waals surface area contributed by atoms with E-state index in [4.69, 9.17) is 0 Å². The van der Waals surface area contributed by atoms with E-state index in [1.165, 1.54) is 77.0 Å². The zero-order chi connectivity index (χ0) is 13.3. The number of allylic oxidation sites excluding steroid dienone is 3. The third-order valence-electron chi connectivity index (χ3n) is 3.29. The van der Waals surface area contributed by atoms with Crippen LogP contribution in [0.4, 0.5) is 0 Å². The van der Waals surface area contributed by atoms with Crippen molar-refractivity contribution in [3.63, 3.8) is 0 Å². The predicted molar refractivity (Wildman–Crippen MR) is 88.3 cm³/mol. The summed E-state index contributed by atoms with van der Waals surface area (Å²) in [5.74, 6) is 0. The first-order valence-electron chi connectivity index (χ1n) is 7.83. The summed E-state index contributed by atoms with van der Waals surface area (Å²) in [6, 6.07) is 0. The van der Waals surface area contributed by atoms with Gasteiger partial charge in [0.05, 0.1) is 0 Å². The van der Waals surface area contributed by atoms with Gasteiger partial charge in [-0.25, -0.2) is 0 Å². The lowest BCUT2D eigenvalue weighted by atomic mass is 10.1. The predicted octanol–water partition coefficient (Wildman–Crippen LogP) is 7.15. The van der Waals surface area contributed by atoms with Crippen LogP contribution in [-0.4, -0.2) is 0 Å². The zero-order valence-electron chi connectivity index (χ0n) is 12.2. The zero-order valence-corrected chi connectivity index (χ0v) is 13.8. The molecular formula is C17H31Br. The second-order valence-electron chi connectivity index (χ2n) is 5.07. The van der Waals surface area contributed by atoms with Crippen LogP contribution in [0.2, 0.25) is 0 Å². The Morgan fingerprint density at radius 2 is 1.17 bits per heavy atom. The van der Waals surface area contributed by atoms with Gasteiger partial charge in [-0.05, 0) is 17.8 Å². The van der Waals surface area contributed by atoms with Crippen LogP contribution in [0.25, 0.3) is 0 Å². The molecule has 0 aromatic carbocycles. The van der Waals surface area contributed by atoms with Crippen LogP contribution < -0.4 is 0 Å². The van der Waals surface area contributed by atoms with Crippen molar-refractivity contribution in [3.8, 4) is 0 Å². The second-order valence-corrected chi connectivity index (χ2v) is 5.60. The summed E-state index contributed by atoms with van der Waals surface area (Å²) < 4.78 is 0. The van der Waals surface area contributed by atoms with E-state index in [9.17, 15) is 0 Å². The highest BCUT2D eigenvalue weighted by molar-refractivity contribution is 9.11. The van der Waals surface area contributed by atoms with Crippen LogP contribution in [0.5, 0.6) is 0 Å². The largest absolute Gasteiger partial charge is 0.0845 e. The topological polar surface area (TPSA) is 0 Å². The van der Waals surface area contributed by atoms with Gasteiger partial charge in [0.25, 0.3) is 0 Å². The van der Waals surface area contributed by atoms with Crippen molar-refractivity contribution >= 4 is 15.9 Å². The molecule has 0 nitrogen and oxygen atoms in total. The number of rotatable bonds is 13. The molecule has 0 aromatic rings. The summed E-state index contributed by atoms with van der Waals surface area (Å²) in [6.45, 7) is 2.28. The fourth-order valence-electron chi connectivity index (χ4n) is 2.14. The van der Waals surface area contributed by atoms with E-state index >= 15 is 0 Å². The van der Waals surface area contributed by atoms with Crippen molar-refractivity contribution in [2.75, 3.05) is 0 Å². The molecule has 0 aromatic heterocycles. The van der Waals surface area contributed by atoms with Gasteiger partial charge >= 0.3 is 0 Å². The highest BCUT2D eigenvalue weighted by Crippen LogP contribution is 2.11. The first-order valence-corrected chi connectivity index (χ1v) is 8.75. The Balaban J connectivity index is 2.98. The summed E-state index contributed by atoms with van der Waals surface area (Å²) in [6.07, 6.45) is 23.3. The fraction of sp³-hybridized carbons (Fsp3) is 0.765. The van der Waals surface area contributed by atoms with E-state index in [-0.39, 0.29) is 0 Å². The molecule has 0 N–H and O–H groups in total. The molecule has 0 aliphatic heterocycles. The third kappa shape index (κ3) is 16.0. The van der Waals surface area contributed by atoms with Crippen molar-refractivity contribution in [2.24, 2.45) is 0 Å². The molecule has 0 fully saturated rings. The summed E-state index contributed by atoms with van der Waals surface area (Å²) in [4.78, 5) is 1.89. The van der Waals surface area contributed by atoms with Gasteiger partial charge in [0, 0.05) is 0 Å². The lowest BCUT2D eigenvalue weighted by Gasteiger charge is -2.01. The molecule has 0 aliphatic carbocycles. The Morgan fingerprint density at radius 1 is 0.667 bits per heavy atom. The van der Waals surface area contributed by atoms with Gasteiger partial charge in [0.2, 0.25) is 0 Å². The number of halogens is 1. The Kier molecular flexibility index (Phi) is 16.9. The van der Waals surface area contributed by atoms with Gasteiger partial charge < -0.3 is 0 Å². The van der Waals surface area contributed by atoms with Crippen LogP contribution in [0.15, 0.2) is 23.2 Å². The van der Waals surface area contributed by atoms with Crippen LogP contribution in [0.1, 0.15) is 84.0 Å². The van der Waals surface area contributed by atoms with Gasteiger partial charge in [-0.1, -0.05) is 105 Å². The molecular weight excluding hydrogens is 284 g/mol.